The van der Waals surface area contributed by atoms with Gasteiger partial charge in [0.25, 0.3) is 16.9 Å². The minimum Gasteiger partial charge on any atom is -0.463 e. The maximum atomic E-state index is 13.5. The first kappa shape index (κ1) is 23.7. The van der Waals surface area contributed by atoms with Gasteiger partial charge in [-0.15, -0.1) is 0 Å². The molecule has 35 heavy (non-hydrogen) atoms. The number of hydrogen-bond acceptors (Lipinski definition) is 9. The van der Waals surface area contributed by atoms with Crippen molar-refractivity contribution in [3.63, 3.8) is 0 Å². The van der Waals surface area contributed by atoms with E-state index in [2.05, 4.69) is 4.99 Å². The number of allylic oxidation sites excluding steroid dienone is 1. The Kier molecular flexibility index (Phi) is 6.38. The normalized spacial score (nSPS) is 15.4. The third-order valence-corrected chi connectivity index (χ3v) is 6.28. The van der Waals surface area contributed by atoms with Crippen molar-refractivity contribution in [3.05, 3.63) is 111 Å². The molecular formula is C23H18N4O7S. The van der Waals surface area contributed by atoms with Gasteiger partial charge in [0.2, 0.25) is 0 Å². The predicted molar refractivity (Wildman–Crippen MR) is 127 cm³/mol. The molecule has 1 atom stereocenters. The summed E-state index contributed by atoms with van der Waals surface area (Å²) in [4.78, 5) is 52.5. The third-order valence-electron chi connectivity index (χ3n) is 5.29. The van der Waals surface area contributed by atoms with E-state index in [0.717, 1.165) is 11.3 Å². The molecule has 11 nitrogen and oxygen atoms in total. The van der Waals surface area contributed by atoms with E-state index < -0.39 is 27.4 Å². The van der Waals surface area contributed by atoms with E-state index in [9.17, 15) is 29.8 Å². The van der Waals surface area contributed by atoms with Crippen LogP contribution in [-0.2, 0) is 9.53 Å². The molecule has 0 saturated heterocycles. The van der Waals surface area contributed by atoms with Gasteiger partial charge >= 0.3 is 5.97 Å². The minimum absolute atomic E-state index is 0.0917. The number of nitro groups is 2. The van der Waals surface area contributed by atoms with E-state index in [1.54, 1.807) is 26.0 Å². The highest BCUT2D eigenvalue weighted by Crippen LogP contribution is 2.32. The number of esters is 1. The number of rotatable bonds is 6. The summed E-state index contributed by atoms with van der Waals surface area (Å²) in [5, 5.41) is 22.5. The van der Waals surface area contributed by atoms with Crippen molar-refractivity contribution in [3.8, 4) is 0 Å². The highest BCUT2D eigenvalue weighted by Gasteiger charge is 2.34. The maximum Gasteiger partial charge on any atom is 0.338 e. The van der Waals surface area contributed by atoms with Crippen LogP contribution in [0.25, 0.3) is 6.08 Å². The SMILES string of the molecule is CCOC(=O)C1=C(C)N=c2sc(=Cc3cccc([N+](=O)[O-])c3)c(=O)n2[C@H]1c1cccc([N+](=O)[O-])c1. The highest BCUT2D eigenvalue weighted by molar-refractivity contribution is 7.07. The summed E-state index contributed by atoms with van der Waals surface area (Å²) in [5.41, 5.74) is 0.397. The third kappa shape index (κ3) is 4.51. The van der Waals surface area contributed by atoms with Gasteiger partial charge in [0.05, 0.1) is 38.3 Å². The van der Waals surface area contributed by atoms with E-state index >= 15 is 0 Å². The summed E-state index contributed by atoms with van der Waals surface area (Å²) in [6, 6.07) is 10.5. The fourth-order valence-corrected chi connectivity index (χ4v) is 4.84. The van der Waals surface area contributed by atoms with Crippen molar-refractivity contribution in [2.24, 2.45) is 4.99 Å². The number of aromatic nitrogens is 1. The summed E-state index contributed by atoms with van der Waals surface area (Å²) >= 11 is 1.05. The van der Waals surface area contributed by atoms with Crippen LogP contribution in [0.15, 0.2) is 69.6 Å². The van der Waals surface area contributed by atoms with Crippen molar-refractivity contribution in [2.45, 2.75) is 19.9 Å². The van der Waals surface area contributed by atoms with Crippen LogP contribution in [0.3, 0.4) is 0 Å². The fourth-order valence-electron chi connectivity index (χ4n) is 3.79. The molecule has 1 aromatic heterocycles. The molecule has 0 N–H and O–H groups in total. The number of non-ortho nitro benzene ring substituents is 2. The summed E-state index contributed by atoms with van der Waals surface area (Å²) in [6.45, 7) is 3.34. The van der Waals surface area contributed by atoms with Crippen molar-refractivity contribution in [1.29, 1.82) is 0 Å². The van der Waals surface area contributed by atoms with Gasteiger partial charge in [-0.2, -0.15) is 0 Å². The Morgan fingerprint density at radius 2 is 1.80 bits per heavy atom. The van der Waals surface area contributed by atoms with Crippen LogP contribution in [-0.4, -0.2) is 27.0 Å². The van der Waals surface area contributed by atoms with E-state index in [-0.39, 0.29) is 32.9 Å². The molecule has 0 radical (unpaired) electrons. The predicted octanol–water partition coefficient (Wildman–Crippen LogP) is 2.61. The molecule has 1 aliphatic heterocycles. The molecule has 12 heteroatoms. The largest absolute Gasteiger partial charge is 0.463 e. The molecule has 0 saturated carbocycles. The number of carbonyl (C=O) groups excluding carboxylic acids is 1. The average Bonchev–Trinajstić information content (AvgIpc) is 3.12. The van der Waals surface area contributed by atoms with Gasteiger partial charge in [0.15, 0.2) is 4.80 Å². The van der Waals surface area contributed by atoms with Gasteiger partial charge in [0.1, 0.15) is 0 Å². The molecule has 178 valence electrons. The lowest BCUT2D eigenvalue weighted by atomic mass is 9.95. The van der Waals surface area contributed by atoms with Crippen LogP contribution in [0.5, 0.6) is 0 Å². The smallest absolute Gasteiger partial charge is 0.338 e. The topological polar surface area (TPSA) is 147 Å². The molecule has 0 spiro atoms. The van der Waals surface area contributed by atoms with Crippen molar-refractivity contribution >= 4 is 34.8 Å². The van der Waals surface area contributed by atoms with Crippen molar-refractivity contribution < 1.29 is 19.4 Å². The molecule has 1 aliphatic rings. The number of ether oxygens (including phenoxy) is 1. The molecule has 0 aliphatic carbocycles. The molecule has 0 fully saturated rings. The number of nitrogens with zero attached hydrogens (tertiary/aromatic N) is 4. The lowest BCUT2D eigenvalue weighted by Gasteiger charge is -2.24. The van der Waals surface area contributed by atoms with Gasteiger partial charge in [-0.1, -0.05) is 35.6 Å². The fraction of sp³-hybridized carbons (Fsp3) is 0.174. The average molecular weight is 494 g/mol. The van der Waals surface area contributed by atoms with Crippen LogP contribution in [0.1, 0.15) is 31.0 Å². The second kappa shape index (κ2) is 9.43. The zero-order valence-electron chi connectivity index (χ0n) is 18.5. The van der Waals surface area contributed by atoms with Gasteiger partial charge < -0.3 is 4.74 Å². The second-order valence-corrected chi connectivity index (χ2v) is 8.52. The molecule has 2 aromatic carbocycles. The molecule has 0 bridgehead atoms. The Hall–Kier alpha value is -4.45. The maximum absolute atomic E-state index is 13.5. The van der Waals surface area contributed by atoms with Gasteiger partial charge in [-0.25, -0.2) is 9.79 Å². The Morgan fingerprint density at radius 1 is 1.14 bits per heavy atom. The van der Waals surface area contributed by atoms with Crippen LogP contribution in [0, 0.1) is 20.2 Å². The first-order chi connectivity index (χ1) is 16.7. The van der Waals surface area contributed by atoms with E-state index in [1.807, 2.05) is 0 Å². The molecule has 2 heterocycles. The molecule has 0 amide bonds. The number of hydrogen-bond donors (Lipinski definition) is 0. The summed E-state index contributed by atoms with van der Waals surface area (Å²) < 4.78 is 6.73. The second-order valence-electron chi connectivity index (χ2n) is 7.51. The van der Waals surface area contributed by atoms with Gasteiger partial charge in [-0.05, 0) is 31.1 Å². The standard InChI is InChI=1S/C23H18N4O7S/c1-3-34-22(29)19-13(2)24-23-25(20(19)15-7-5-9-17(12-15)27(32)33)21(28)18(35-23)11-14-6-4-8-16(10-14)26(30)31/h4-12,20H,3H2,1-2H3/t20-/m0/s1. The van der Waals surface area contributed by atoms with Gasteiger partial charge in [0, 0.05) is 24.3 Å². The molecule has 4 rings (SSSR count). The first-order valence-corrected chi connectivity index (χ1v) is 11.2. The Labute approximate surface area is 201 Å². The molecule has 3 aromatic rings. The van der Waals surface area contributed by atoms with E-state index in [0.29, 0.717) is 16.8 Å². The number of nitro benzene ring substituents is 2. The minimum atomic E-state index is -1.00. The number of thiazole rings is 1. The van der Waals surface area contributed by atoms with E-state index in [1.165, 1.54) is 47.0 Å². The van der Waals surface area contributed by atoms with Crippen LogP contribution >= 0.6 is 11.3 Å². The Morgan fingerprint density at radius 3 is 2.46 bits per heavy atom. The number of benzene rings is 2. The zero-order chi connectivity index (χ0) is 25.3. The van der Waals surface area contributed by atoms with Gasteiger partial charge in [-0.3, -0.25) is 29.6 Å². The summed E-state index contributed by atoms with van der Waals surface area (Å²) in [5.74, 6) is -0.682. The number of carbonyl (C=O) groups is 1. The monoisotopic (exact) mass is 494 g/mol. The van der Waals surface area contributed by atoms with Crippen molar-refractivity contribution in [2.75, 3.05) is 6.61 Å². The van der Waals surface area contributed by atoms with Crippen LogP contribution in [0.2, 0.25) is 0 Å². The zero-order valence-corrected chi connectivity index (χ0v) is 19.4. The first-order valence-electron chi connectivity index (χ1n) is 10.4. The quantitative estimate of drug-likeness (QED) is 0.291. The van der Waals surface area contributed by atoms with Crippen LogP contribution < -0.4 is 14.9 Å². The Balaban J connectivity index is 1.96. The highest BCUT2D eigenvalue weighted by atomic mass is 32.1. The lowest BCUT2D eigenvalue weighted by Crippen LogP contribution is -2.40. The lowest BCUT2D eigenvalue weighted by molar-refractivity contribution is -0.385. The van der Waals surface area contributed by atoms with E-state index in [4.69, 9.17) is 4.74 Å². The molecule has 0 unspecified atom stereocenters. The number of fused-ring (bicyclic) bond motifs is 1. The molecular weight excluding hydrogens is 476 g/mol. The summed E-state index contributed by atoms with van der Waals surface area (Å²) in [7, 11) is 0. The van der Waals surface area contributed by atoms with Crippen LogP contribution in [0.4, 0.5) is 11.4 Å². The Bertz CT molecular complexity index is 1590. The summed E-state index contributed by atoms with van der Waals surface area (Å²) in [6.07, 6.45) is 1.50. The van der Waals surface area contributed by atoms with Crippen molar-refractivity contribution in [1.82, 2.24) is 4.57 Å².